The summed E-state index contributed by atoms with van der Waals surface area (Å²) in [6, 6.07) is 6.23. The summed E-state index contributed by atoms with van der Waals surface area (Å²) in [5, 5.41) is 4.53. The highest BCUT2D eigenvalue weighted by molar-refractivity contribution is 7.99. The van der Waals surface area contributed by atoms with Gasteiger partial charge in [0.25, 0.3) is 0 Å². The zero-order valence-corrected chi connectivity index (χ0v) is 14.2. The molecule has 1 aliphatic heterocycles. The van der Waals surface area contributed by atoms with Crippen molar-refractivity contribution in [1.82, 2.24) is 14.7 Å². The molecule has 0 bridgehead atoms. The van der Waals surface area contributed by atoms with Gasteiger partial charge in [0, 0.05) is 35.9 Å². The van der Waals surface area contributed by atoms with Crippen LogP contribution in [0.25, 0.3) is 5.69 Å². The third-order valence-corrected chi connectivity index (χ3v) is 5.15. The van der Waals surface area contributed by atoms with Crippen molar-refractivity contribution in [3.8, 4) is 5.69 Å². The number of aryl methyl sites for hydroxylation is 1. The first-order valence-electron chi connectivity index (χ1n) is 7.73. The van der Waals surface area contributed by atoms with Crippen molar-refractivity contribution in [3.63, 3.8) is 0 Å². The maximum absolute atomic E-state index is 13.1. The van der Waals surface area contributed by atoms with Gasteiger partial charge in [-0.1, -0.05) is 0 Å². The first kappa shape index (κ1) is 16.1. The summed E-state index contributed by atoms with van der Waals surface area (Å²) in [6.07, 6.45) is 0.379. The van der Waals surface area contributed by atoms with E-state index in [1.165, 1.54) is 12.1 Å². The molecule has 0 N–H and O–H groups in total. The van der Waals surface area contributed by atoms with Gasteiger partial charge < -0.3 is 4.90 Å². The van der Waals surface area contributed by atoms with Crippen LogP contribution in [0, 0.1) is 19.7 Å². The van der Waals surface area contributed by atoms with Crippen molar-refractivity contribution in [3.05, 3.63) is 47.0 Å². The molecule has 1 aromatic heterocycles. The van der Waals surface area contributed by atoms with Crippen LogP contribution in [0.15, 0.2) is 24.3 Å². The Kier molecular flexibility index (Phi) is 4.71. The van der Waals surface area contributed by atoms with Crippen LogP contribution in [0.1, 0.15) is 17.0 Å². The Bertz CT molecular complexity index is 705. The SMILES string of the molecule is Cc1nn(-c2ccc(F)cc2)c(C)c1CC(=O)N1CCSCC1. The summed E-state index contributed by atoms with van der Waals surface area (Å²) in [5.74, 6) is 1.92. The molecular formula is C17H20FN3OS. The number of carbonyl (C=O) groups excluding carboxylic acids is 1. The van der Waals surface area contributed by atoms with E-state index < -0.39 is 0 Å². The summed E-state index contributed by atoms with van der Waals surface area (Å²) in [6.45, 7) is 5.53. The van der Waals surface area contributed by atoms with E-state index in [0.29, 0.717) is 6.42 Å². The number of halogens is 1. The minimum Gasteiger partial charge on any atom is -0.341 e. The lowest BCUT2D eigenvalue weighted by molar-refractivity contribution is -0.130. The monoisotopic (exact) mass is 333 g/mol. The van der Waals surface area contributed by atoms with E-state index in [-0.39, 0.29) is 11.7 Å². The molecule has 6 heteroatoms. The summed E-state index contributed by atoms with van der Waals surface area (Å²) in [5.41, 5.74) is 3.57. The van der Waals surface area contributed by atoms with Crippen molar-refractivity contribution < 1.29 is 9.18 Å². The van der Waals surface area contributed by atoms with Crippen LogP contribution in [-0.4, -0.2) is 45.2 Å². The predicted molar refractivity (Wildman–Crippen MR) is 90.6 cm³/mol. The van der Waals surface area contributed by atoms with Gasteiger partial charge in [-0.25, -0.2) is 9.07 Å². The van der Waals surface area contributed by atoms with Gasteiger partial charge in [-0.3, -0.25) is 4.79 Å². The summed E-state index contributed by atoms with van der Waals surface area (Å²) in [4.78, 5) is 14.4. The molecule has 2 aromatic rings. The van der Waals surface area contributed by atoms with E-state index in [1.807, 2.05) is 30.5 Å². The van der Waals surface area contributed by atoms with Crippen LogP contribution in [-0.2, 0) is 11.2 Å². The van der Waals surface area contributed by atoms with Gasteiger partial charge >= 0.3 is 0 Å². The molecule has 1 aromatic carbocycles. The molecule has 23 heavy (non-hydrogen) atoms. The average molecular weight is 333 g/mol. The Morgan fingerprint density at radius 2 is 1.87 bits per heavy atom. The lowest BCUT2D eigenvalue weighted by atomic mass is 10.1. The molecule has 122 valence electrons. The predicted octanol–water partition coefficient (Wildman–Crippen LogP) is 2.75. The van der Waals surface area contributed by atoms with Crippen molar-refractivity contribution in [2.24, 2.45) is 0 Å². The maximum atomic E-state index is 13.1. The van der Waals surface area contributed by atoms with Gasteiger partial charge in [0.2, 0.25) is 5.91 Å². The number of nitrogens with zero attached hydrogens (tertiary/aromatic N) is 3. The Morgan fingerprint density at radius 1 is 1.22 bits per heavy atom. The molecular weight excluding hydrogens is 313 g/mol. The molecule has 3 rings (SSSR count). The molecule has 0 atom stereocenters. The lowest BCUT2D eigenvalue weighted by Gasteiger charge is -2.26. The third-order valence-electron chi connectivity index (χ3n) is 4.20. The van der Waals surface area contributed by atoms with Crippen molar-refractivity contribution in [2.45, 2.75) is 20.3 Å². The van der Waals surface area contributed by atoms with Crippen LogP contribution >= 0.6 is 11.8 Å². The van der Waals surface area contributed by atoms with E-state index in [2.05, 4.69) is 5.10 Å². The molecule has 2 heterocycles. The Hall–Kier alpha value is -1.82. The fourth-order valence-corrected chi connectivity index (χ4v) is 3.74. The van der Waals surface area contributed by atoms with E-state index in [4.69, 9.17) is 0 Å². The van der Waals surface area contributed by atoms with Crippen LogP contribution in [0.3, 0.4) is 0 Å². The van der Waals surface area contributed by atoms with E-state index in [9.17, 15) is 9.18 Å². The number of benzene rings is 1. The third kappa shape index (κ3) is 3.42. The number of aromatic nitrogens is 2. The van der Waals surface area contributed by atoms with Crippen LogP contribution in [0.2, 0.25) is 0 Å². The van der Waals surface area contributed by atoms with Crippen LogP contribution in [0.4, 0.5) is 4.39 Å². The Balaban J connectivity index is 1.83. The molecule has 1 aliphatic rings. The summed E-state index contributed by atoms with van der Waals surface area (Å²) in [7, 11) is 0. The van der Waals surface area contributed by atoms with Gasteiger partial charge in [0.05, 0.1) is 17.8 Å². The molecule has 0 unspecified atom stereocenters. The molecule has 1 amide bonds. The highest BCUT2D eigenvalue weighted by Gasteiger charge is 2.21. The number of rotatable bonds is 3. The second-order valence-corrected chi connectivity index (χ2v) is 6.93. The Labute approximate surface area is 139 Å². The topological polar surface area (TPSA) is 38.1 Å². The first-order chi connectivity index (χ1) is 11.1. The minimum absolute atomic E-state index is 0.162. The van der Waals surface area contributed by atoms with Crippen LogP contribution < -0.4 is 0 Å². The molecule has 0 saturated carbocycles. The normalized spacial score (nSPS) is 15.0. The summed E-state index contributed by atoms with van der Waals surface area (Å²) >= 11 is 1.89. The Morgan fingerprint density at radius 3 is 2.52 bits per heavy atom. The molecule has 4 nitrogen and oxygen atoms in total. The van der Waals surface area contributed by atoms with Crippen LogP contribution in [0.5, 0.6) is 0 Å². The van der Waals surface area contributed by atoms with Crippen molar-refractivity contribution in [2.75, 3.05) is 24.6 Å². The molecule has 0 radical (unpaired) electrons. The first-order valence-corrected chi connectivity index (χ1v) is 8.88. The molecule has 0 aliphatic carbocycles. The standard InChI is InChI=1S/C17H20FN3OS/c1-12-16(11-17(22)20-7-9-23-10-8-20)13(2)21(19-12)15-5-3-14(18)4-6-15/h3-6H,7-11H2,1-2H3. The molecule has 1 saturated heterocycles. The largest absolute Gasteiger partial charge is 0.341 e. The second kappa shape index (κ2) is 6.74. The fourth-order valence-electron chi connectivity index (χ4n) is 2.84. The smallest absolute Gasteiger partial charge is 0.227 e. The lowest BCUT2D eigenvalue weighted by Crippen LogP contribution is -2.38. The second-order valence-electron chi connectivity index (χ2n) is 5.71. The number of hydrogen-bond acceptors (Lipinski definition) is 3. The quantitative estimate of drug-likeness (QED) is 0.867. The van der Waals surface area contributed by atoms with Gasteiger partial charge in [-0.2, -0.15) is 16.9 Å². The fraction of sp³-hybridized carbons (Fsp3) is 0.412. The van der Waals surface area contributed by atoms with E-state index in [1.54, 1.807) is 16.8 Å². The van der Waals surface area contributed by atoms with Gasteiger partial charge in [0.1, 0.15) is 5.82 Å². The number of amides is 1. The highest BCUT2D eigenvalue weighted by atomic mass is 32.2. The highest BCUT2D eigenvalue weighted by Crippen LogP contribution is 2.20. The number of thioether (sulfide) groups is 1. The number of hydrogen-bond donors (Lipinski definition) is 0. The maximum Gasteiger partial charge on any atom is 0.227 e. The summed E-state index contributed by atoms with van der Waals surface area (Å²) < 4.78 is 14.9. The zero-order valence-electron chi connectivity index (χ0n) is 13.4. The zero-order chi connectivity index (χ0) is 16.4. The minimum atomic E-state index is -0.270. The average Bonchev–Trinajstić information content (AvgIpc) is 2.84. The number of carbonyl (C=O) groups is 1. The van der Waals surface area contributed by atoms with E-state index in [0.717, 1.165) is 47.2 Å². The van der Waals surface area contributed by atoms with Gasteiger partial charge in [-0.05, 0) is 38.1 Å². The van der Waals surface area contributed by atoms with Crippen molar-refractivity contribution >= 4 is 17.7 Å². The van der Waals surface area contributed by atoms with Crippen molar-refractivity contribution in [1.29, 1.82) is 0 Å². The molecule has 0 spiro atoms. The van der Waals surface area contributed by atoms with E-state index >= 15 is 0 Å². The van der Waals surface area contributed by atoms with Gasteiger partial charge in [0.15, 0.2) is 0 Å². The molecule has 1 fully saturated rings. The van der Waals surface area contributed by atoms with Gasteiger partial charge in [-0.15, -0.1) is 0 Å².